The largest absolute Gasteiger partial charge is 0.506 e. The first kappa shape index (κ1) is 11.0. The zero-order chi connectivity index (χ0) is 11.5. The van der Waals surface area contributed by atoms with E-state index in [2.05, 4.69) is 0 Å². The first-order valence-corrected chi connectivity index (χ1v) is 5.28. The summed E-state index contributed by atoms with van der Waals surface area (Å²) in [4.78, 5) is 0. The van der Waals surface area contributed by atoms with Crippen LogP contribution in [0.1, 0.15) is 5.56 Å². The van der Waals surface area contributed by atoms with Crippen LogP contribution in [0.25, 0.3) is 11.1 Å². The Kier molecular flexibility index (Phi) is 3.13. The highest BCUT2D eigenvalue weighted by molar-refractivity contribution is 6.32. The second-order valence-electron chi connectivity index (χ2n) is 3.48. The van der Waals surface area contributed by atoms with Gasteiger partial charge in [0.2, 0.25) is 0 Å². The molecule has 0 radical (unpaired) electrons. The van der Waals surface area contributed by atoms with Crippen molar-refractivity contribution in [3.8, 4) is 16.9 Å². The molecule has 0 atom stereocenters. The summed E-state index contributed by atoms with van der Waals surface area (Å²) in [6, 6.07) is 12.5. The van der Waals surface area contributed by atoms with Gasteiger partial charge in [-0.15, -0.1) is 0 Å². The van der Waals surface area contributed by atoms with E-state index in [1.807, 2.05) is 30.3 Å². The summed E-state index contributed by atoms with van der Waals surface area (Å²) < 4.78 is 0. The lowest BCUT2D eigenvalue weighted by molar-refractivity contribution is 0.282. The number of hydrogen-bond donors (Lipinski definition) is 2. The van der Waals surface area contributed by atoms with Crippen LogP contribution in [-0.2, 0) is 6.61 Å². The number of halogens is 1. The van der Waals surface area contributed by atoms with Gasteiger partial charge in [-0.2, -0.15) is 0 Å². The number of aliphatic hydroxyl groups is 1. The minimum atomic E-state index is -0.0282. The van der Waals surface area contributed by atoms with Gasteiger partial charge in [0.15, 0.2) is 0 Å². The zero-order valence-corrected chi connectivity index (χ0v) is 9.28. The molecule has 0 saturated heterocycles. The van der Waals surface area contributed by atoms with Crippen molar-refractivity contribution in [3.63, 3.8) is 0 Å². The fourth-order valence-electron chi connectivity index (χ4n) is 1.62. The molecule has 3 heteroatoms. The van der Waals surface area contributed by atoms with Gasteiger partial charge in [-0.05, 0) is 28.8 Å². The molecule has 0 aromatic heterocycles. The lowest BCUT2D eigenvalue weighted by atomic mass is 10.00. The van der Waals surface area contributed by atoms with E-state index in [0.29, 0.717) is 5.02 Å². The van der Waals surface area contributed by atoms with Crippen LogP contribution >= 0.6 is 11.6 Å². The summed E-state index contributed by atoms with van der Waals surface area (Å²) in [5, 5.41) is 19.1. The standard InChI is InChI=1S/C13H11ClO2/c14-12-6-5-9(7-13(12)16)11-4-2-1-3-10(11)8-15/h1-7,15-16H,8H2. The Balaban J connectivity index is 2.54. The van der Waals surface area contributed by atoms with Crippen molar-refractivity contribution < 1.29 is 10.2 Å². The SMILES string of the molecule is OCc1ccccc1-c1ccc(Cl)c(O)c1. The summed E-state index contributed by atoms with van der Waals surface area (Å²) in [6.07, 6.45) is 0. The van der Waals surface area contributed by atoms with Gasteiger partial charge < -0.3 is 10.2 Å². The van der Waals surface area contributed by atoms with E-state index in [9.17, 15) is 10.2 Å². The predicted octanol–water partition coefficient (Wildman–Crippen LogP) is 3.20. The number of rotatable bonds is 2. The molecule has 0 aliphatic carbocycles. The van der Waals surface area contributed by atoms with Crippen LogP contribution in [0.3, 0.4) is 0 Å². The molecule has 2 aromatic rings. The van der Waals surface area contributed by atoms with Gasteiger partial charge in [0.05, 0.1) is 11.6 Å². The Morgan fingerprint density at radius 3 is 2.50 bits per heavy atom. The topological polar surface area (TPSA) is 40.5 Å². The fraction of sp³-hybridized carbons (Fsp3) is 0.0769. The number of benzene rings is 2. The number of phenolic OH excluding ortho intramolecular Hbond substituents is 1. The van der Waals surface area contributed by atoms with Crippen molar-refractivity contribution in [3.05, 3.63) is 53.1 Å². The Bertz CT molecular complexity index is 509. The average molecular weight is 235 g/mol. The third-order valence-corrected chi connectivity index (χ3v) is 2.76. The van der Waals surface area contributed by atoms with Gasteiger partial charge >= 0.3 is 0 Å². The Morgan fingerprint density at radius 2 is 1.81 bits per heavy atom. The third-order valence-electron chi connectivity index (χ3n) is 2.44. The molecule has 0 aliphatic rings. The molecule has 0 aliphatic heterocycles. The van der Waals surface area contributed by atoms with Crippen LogP contribution in [0.2, 0.25) is 5.02 Å². The maximum absolute atomic E-state index is 9.53. The number of aliphatic hydroxyl groups excluding tert-OH is 1. The maximum atomic E-state index is 9.53. The van der Waals surface area contributed by atoms with E-state index >= 15 is 0 Å². The summed E-state index contributed by atoms with van der Waals surface area (Å²) >= 11 is 5.74. The van der Waals surface area contributed by atoms with Crippen molar-refractivity contribution in [2.75, 3.05) is 0 Å². The van der Waals surface area contributed by atoms with E-state index in [0.717, 1.165) is 16.7 Å². The molecule has 0 bridgehead atoms. The van der Waals surface area contributed by atoms with Crippen molar-refractivity contribution in [1.29, 1.82) is 0 Å². The molecule has 0 saturated carbocycles. The van der Waals surface area contributed by atoms with Crippen molar-refractivity contribution in [1.82, 2.24) is 0 Å². The summed E-state index contributed by atoms with van der Waals surface area (Å²) in [6.45, 7) is -0.0282. The molecule has 0 amide bonds. The molecular formula is C13H11ClO2. The van der Waals surface area contributed by atoms with Crippen LogP contribution in [0, 0.1) is 0 Å². The minimum Gasteiger partial charge on any atom is -0.506 e. The van der Waals surface area contributed by atoms with Gasteiger partial charge in [-0.25, -0.2) is 0 Å². The highest BCUT2D eigenvalue weighted by Gasteiger charge is 2.06. The Morgan fingerprint density at radius 1 is 1.06 bits per heavy atom. The molecule has 0 heterocycles. The molecule has 82 valence electrons. The maximum Gasteiger partial charge on any atom is 0.134 e. The zero-order valence-electron chi connectivity index (χ0n) is 8.52. The summed E-state index contributed by atoms with van der Waals surface area (Å²) in [5.74, 6) is 0.0481. The second-order valence-corrected chi connectivity index (χ2v) is 3.89. The monoisotopic (exact) mass is 234 g/mol. The Hall–Kier alpha value is -1.51. The lowest BCUT2D eigenvalue weighted by Gasteiger charge is -2.08. The van der Waals surface area contributed by atoms with Gasteiger partial charge in [0.25, 0.3) is 0 Å². The van der Waals surface area contributed by atoms with Crippen molar-refractivity contribution >= 4 is 11.6 Å². The van der Waals surface area contributed by atoms with Crippen LogP contribution < -0.4 is 0 Å². The molecule has 2 aromatic carbocycles. The van der Waals surface area contributed by atoms with Gasteiger partial charge in [0.1, 0.15) is 5.75 Å². The highest BCUT2D eigenvalue weighted by Crippen LogP contribution is 2.31. The Labute approximate surface area is 98.7 Å². The predicted molar refractivity (Wildman–Crippen MR) is 64.5 cm³/mol. The first-order valence-electron chi connectivity index (χ1n) is 4.90. The molecule has 0 fully saturated rings. The fourth-order valence-corrected chi connectivity index (χ4v) is 1.74. The van der Waals surface area contributed by atoms with Crippen LogP contribution in [0.4, 0.5) is 0 Å². The van der Waals surface area contributed by atoms with E-state index in [-0.39, 0.29) is 12.4 Å². The quantitative estimate of drug-likeness (QED) is 0.838. The average Bonchev–Trinajstić information content (AvgIpc) is 2.32. The molecule has 2 nitrogen and oxygen atoms in total. The van der Waals surface area contributed by atoms with E-state index < -0.39 is 0 Å². The molecule has 2 N–H and O–H groups in total. The van der Waals surface area contributed by atoms with E-state index in [1.165, 1.54) is 0 Å². The normalized spacial score (nSPS) is 10.4. The minimum absolute atomic E-state index is 0.0282. The summed E-state index contributed by atoms with van der Waals surface area (Å²) in [7, 11) is 0. The van der Waals surface area contributed by atoms with Gasteiger partial charge in [-0.1, -0.05) is 41.9 Å². The van der Waals surface area contributed by atoms with Crippen molar-refractivity contribution in [2.24, 2.45) is 0 Å². The van der Waals surface area contributed by atoms with Crippen LogP contribution in [-0.4, -0.2) is 10.2 Å². The van der Waals surface area contributed by atoms with E-state index in [1.54, 1.807) is 12.1 Å². The number of hydrogen-bond acceptors (Lipinski definition) is 2. The van der Waals surface area contributed by atoms with Crippen LogP contribution in [0.5, 0.6) is 5.75 Å². The number of aromatic hydroxyl groups is 1. The highest BCUT2D eigenvalue weighted by atomic mass is 35.5. The van der Waals surface area contributed by atoms with E-state index in [4.69, 9.17) is 11.6 Å². The first-order chi connectivity index (χ1) is 7.72. The lowest BCUT2D eigenvalue weighted by Crippen LogP contribution is -1.88. The molecule has 2 rings (SSSR count). The number of phenols is 1. The van der Waals surface area contributed by atoms with Crippen molar-refractivity contribution in [2.45, 2.75) is 6.61 Å². The van der Waals surface area contributed by atoms with Gasteiger partial charge in [0, 0.05) is 0 Å². The molecular weight excluding hydrogens is 224 g/mol. The van der Waals surface area contributed by atoms with Gasteiger partial charge in [-0.3, -0.25) is 0 Å². The molecule has 0 spiro atoms. The second kappa shape index (κ2) is 4.56. The molecule has 0 unspecified atom stereocenters. The summed E-state index contributed by atoms with van der Waals surface area (Å²) in [5.41, 5.74) is 2.56. The molecule has 16 heavy (non-hydrogen) atoms. The third kappa shape index (κ3) is 2.03. The smallest absolute Gasteiger partial charge is 0.134 e. The van der Waals surface area contributed by atoms with Crippen LogP contribution in [0.15, 0.2) is 42.5 Å².